The van der Waals surface area contributed by atoms with Gasteiger partial charge in [0.2, 0.25) is 0 Å². The molecule has 2 aromatic heterocycles. The number of aliphatic hydroxyl groups excluding tert-OH is 1. The lowest BCUT2D eigenvalue weighted by atomic mass is 10.2. The molecule has 29 heavy (non-hydrogen) atoms. The molecule has 3 heterocycles. The van der Waals surface area contributed by atoms with Gasteiger partial charge in [0.05, 0.1) is 19.0 Å². The maximum Gasteiger partial charge on any atom is 0.333 e. The molecular formula is C17H20N6O5S. The first-order valence-electron chi connectivity index (χ1n) is 8.87. The van der Waals surface area contributed by atoms with E-state index in [2.05, 4.69) is 24.5 Å². The van der Waals surface area contributed by atoms with Crippen LogP contribution < -0.4 is 10.5 Å². The molecule has 154 valence electrons. The standard InChI is InChI=1S/C17H20N6O5S/c18-29(25,26)27-8-13-12(24)6-14(28-13)23-10-22-15-16(20-9-21-17(15)23)19-7-11-4-2-1-3-5-11/h1-5,9-10,12-14,24H,6-8H2,(H2,18,25,26)(H,19,20,21)/t12-,13-,14+/m0/s1. The molecule has 0 saturated carbocycles. The molecule has 4 rings (SSSR count). The van der Waals surface area contributed by atoms with Crippen LogP contribution in [0.5, 0.6) is 0 Å². The predicted molar refractivity (Wildman–Crippen MR) is 103 cm³/mol. The summed E-state index contributed by atoms with van der Waals surface area (Å²) in [7, 11) is -4.11. The van der Waals surface area contributed by atoms with Crippen molar-refractivity contribution >= 4 is 27.3 Å². The van der Waals surface area contributed by atoms with E-state index in [0.717, 1.165) is 5.56 Å². The second-order valence-electron chi connectivity index (χ2n) is 6.60. The van der Waals surface area contributed by atoms with Gasteiger partial charge in [-0.05, 0) is 5.56 Å². The zero-order valence-electron chi connectivity index (χ0n) is 15.2. The van der Waals surface area contributed by atoms with Crippen molar-refractivity contribution in [3.05, 3.63) is 48.5 Å². The Morgan fingerprint density at radius 3 is 2.83 bits per heavy atom. The minimum atomic E-state index is -4.11. The van der Waals surface area contributed by atoms with Gasteiger partial charge in [0.1, 0.15) is 18.7 Å². The number of fused-ring (bicyclic) bond motifs is 1. The normalized spacial score (nSPS) is 22.2. The fourth-order valence-electron chi connectivity index (χ4n) is 3.17. The number of hydrogen-bond acceptors (Lipinski definition) is 9. The van der Waals surface area contributed by atoms with Crippen molar-refractivity contribution in [2.75, 3.05) is 11.9 Å². The molecule has 3 aromatic rings. The number of rotatable bonds is 7. The fourth-order valence-corrected chi connectivity index (χ4v) is 3.50. The van der Waals surface area contributed by atoms with Crippen molar-refractivity contribution < 1.29 is 22.4 Å². The molecule has 1 aliphatic rings. The average molecular weight is 420 g/mol. The highest BCUT2D eigenvalue weighted by atomic mass is 32.2. The number of hydrogen-bond donors (Lipinski definition) is 3. The largest absolute Gasteiger partial charge is 0.390 e. The number of nitrogens with one attached hydrogen (secondary N) is 1. The Labute approximate surface area is 166 Å². The molecule has 4 N–H and O–H groups in total. The topological polar surface area (TPSA) is 154 Å². The lowest BCUT2D eigenvalue weighted by Gasteiger charge is -2.15. The molecule has 0 spiro atoms. The summed E-state index contributed by atoms with van der Waals surface area (Å²) in [5.74, 6) is 0.574. The van der Waals surface area contributed by atoms with Gasteiger partial charge in [-0.3, -0.25) is 8.75 Å². The summed E-state index contributed by atoms with van der Waals surface area (Å²) in [6, 6.07) is 9.87. The van der Waals surface area contributed by atoms with Crippen molar-refractivity contribution in [3.8, 4) is 0 Å². The number of ether oxygens (including phenoxy) is 1. The monoisotopic (exact) mass is 420 g/mol. The molecule has 0 unspecified atom stereocenters. The summed E-state index contributed by atoms with van der Waals surface area (Å²) in [6.07, 6.45) is 0.848. The number of nitrogens with zero attached hydrogens (tertiary/aromatic N) is 4. The number of aromatic nitrogens is 4. The van der Waals surface area contributed by atoms with Crippen LogP contribution >= 0.6 is 0 Å². The Morgan fingerprint density at radius 2 is 2.07 bits per heavy atom. The van der Waals surface area contributed by atoms with Crippen molar-refractivity contribution in [1.29, 1.82) is 0 Å². The van der Waals surface area contributed by atoms with Crippen LogP contribution in [0.4, 0.5) is 5.82 Å². The molecule has 1 saturated heterocycles. The molecule has 1 aliphatic heterocycles. The highest BCUT2D eigenvalue weighted by Crippen LogP contribution is 2.32. The maximum absolute atomic E-state index is 11.0. The van der Waals surface area contributed by atoms with Crippen LogP contribution in [0.15, 0.2) is 43.0 Å². The predicted octanol–water partition coefficient (Wildman–Crippen LogP) is 0.307. The Morgan fingerprint density at radius 1 is 1.28 bits per heavy atom. The molecule has 3 atom stereocenters. The van der Waals surface area contributed by atoms with E-state index in [4.69, 9.17) is 9.88 Å². The number of imidazole rings is 1. The van der Waals surface area contributed by atoms with Gasteiger partial charge in [-0.25, -0.2) is 20.1 Å². The first kappa shape index (κ1) is 19.7. The molecule has 11 nitrogen and oxygen atoms in total. The summed E-state index contributed by atoms with van der Waals surface area (Å²) in [5.41, 5.74) is 2.19. The van der Waals surface area contributed by atoms with E-state index < -0.39 is 28.7 Å². The molecule has 0 amide bonds. The summed E-state index contributed by atoms with van der Waals surface area (Å²) >= 11 is 0. The average Bonchev–Trinajstić information content (AvgIpc) is 3.28. The third-order valence-corrected chi connectivity index (χ3v) is 5.04. The lowest BCUT2D eigenvalue weighted by Crippen LogP contribution is -2.30. The third-order valence-electron chi connectivity index (χ3n) is 4.57. The van der Waals surface area contributed by atoms with Crippen LogP contribution in [0.25, 0.3) is 11.2 Å². The number of anilines is 1. The Bertz CT molecular complexity index is 1090. The SMILES string of the molecule is NS(=O)(=O)OC[C@@H]1O[C@@H](n2cnc3c(NCc4ccccc4)ncnc32)C[C@@H]1O. The highest BCUT2D eigenvalue weighted by molar-refractivity contribution is 7.84. The van der Waals surface area contributed by atoms with Crippen molar-refractivity contribution in [2.24, 2.45) is 5.14 Å². The first-order valence-corrected chi connectivity index (χ1v) is 10.3. The van der Waals surface area contributed by atoms with Gasteiger partial charge in [0.15, 0.2) is 17.0 Å². The van der Waals surface area contributed by atoms with Crippen LogP contribution in [-0.4, -0.2) is 51.9 Å². The second-order valence-corrected chi connectivity index (χ2v) is 7.82. The molecule has 12 heteroatoms. The number of aliphatic hydroxyl groups is 1. The molecule has 0 radical (unpaired) electrons. The van der Waals surface area contributed by atoms with Crippen LogP contribution in [0.3, 0.4) is 0 Å². The molecular weight excluding hydrogens is 400 g/mol. The maximum atomic E-state index is 11.0. The zero-order chi connectivity index (χ0) is 20.4. The van der Waals surface area contributed by atoms with Gasteiger partial charge < -0.3 is 15.2 Å². The Kier molecular flexibility index (Phi) is 5.43. The van der Waals surface area contributed by atoms with E-state index in [1.54, 1.807) is 10.9 Å². The molecule has 1 aromatic carbocycles. The minimum absolute atomic E-state index is 0.223. The molecule has 1 fully saturated rings. The van der Waals surface area contributed by atoms with Crippen LogP contribution in [0.1, 0.15) is 18.2 Å². The van der Waals surface area contributed by atoms with Gasteiger partial charge >= 0.3 is 10.3 Å². The lowest BCUT2D eigenvalue weighted by molar-refractivity contribution is -0.0371. The van der Waals surface area contributed by atoms with E-state index in [9.17, 15) is 13.5 Å². The summed E-state index contributed by atoms with van der Waals surface area (Å²) in [6.45, 7) is 0.202. The van der Waals surface area contributed by atoms with Gasteiger partial charge in [-0.2, -0.15) is 8.42 Å². The van der Waals surface area contributed by atoms with Crippen LogP contribution in [0.2, 0.25) is 0 Å². The van der Waals surface area contributed by atoms with E-state index >= 15 is 0 Å². The second kappa shape index (κ2) is 8.00. The van der Waals surface area contributed by atoms with Crippen molar-refractivity contribution in [1.82, 2.24) is 19.5 Å². The van der Waals surface area contributed by atoms with Crippen LogP contribution in [-0.2, 0) is 25.8 Å². The summed E-state index contributed by atoms with van der Waals surface area (Å²) in [5, 5.41) is 18.2. The van der Waals surface area contributed by atoms with Gasteiger partial charge in [0, 0.05) is 13.0 Å². The van der Waals surface area contributed by atoms with E-state index in [1.807, 2.05) is 30.3 Å². The first-order chi connectivity index (χ1) is 13.9. The quantitative estimate of drug-likeness (QED) is 0.489. The smallest absolute Gasteiger partial charge is 0.333 e. The Balaban J connectivity index is 1.50. The van der Waals surface area contributed by atoms with Gasteiger partial charge in [0.25, 0.3) is 0 Å². The van der Waals surface area contributed by atoms with Crippen LogP contribution in [0, 0.1) is 0 Å². The van der Waals surface area contributed by atoms with Crippen molar-refractivity contribution in [2.45, 2.75) is 31.4 Å². The highest BCUT2D eigenvalue weighted by Gasteiger charge is 2.36. The Hall–Kier alpha value is -2.64. The van der Waals surface area contributed by atoms with Gasteiger partial charge in [-0.1, -0.05) is 30.3 Å². The minimum Gasteiger partial charge on any atom is -0.390 e. The zero-order valence-corrected chi connectivity index (χ0v) is 16.1. The number of benzene rings is 1. The van der Waals surface area contributed by atoms with E-state index in [1.165, 1.54) is 6.33 Å². The van der Waals surface area contributed by atoms with Gasteiger partial charge in [-0.15, -0.1) is 0 Å². The van der Waals surface area contributed by atoms with E-state index in [-0.39, 0.29) is 13.0 Å². The molecule has 0 bridgehead atoms. The van der Waals surface area contributed by atoms with E-state index in [0.29, 0.717) is 23.5 Å². The summed E-state index contributed by atoms with van der Waals surface area (Å²) in [4.78, 5) is 12.9. The summed E-state index contributed by atoms with van der Waals surface area (Å²) < 4.78 is 33.9. The number of nitrogens with two attached hydrogens (primary N) is 1. The molecule has 0 aliphatic carbocycles. The fraction of sp³-hybridized carbons (Fsp3) is 0.353. The van der Waals surface area contributed by atoms with Crippen molar-refractivity contribution in [3.63, 3.8) is 0 Å². The third kappa shape index (κ3) is 4.52.